The molecule has 61 heavy (non-hydrogen) atoms. The van der Waals surface area contributed by atoms with Gasteiger partial charge in [-0.25, -0.2) is 15.0 Å². The summed E-state index contributed by atoms with van der Waals surface area (Å²) in [5.41, 5.74) is 12.0. The van der Waals surface area contributed by atoms with Crippen LogP contribution in [0.25, 0.3) is 104 Å². The van der Waals surface area contributed by atoms with E-state index in [9.17, 15) is 0 Å². The summed E-state index contributed by atoms with van der Waals surface area (Å²) in [7, 11) is 0. The molecule has 13 rings (SSSR count). The molecule has 3 aromatic heterocycles. The Labute approximate surface area is 355 Å². The second-order valence-corrected chi connectivity index (χ2v) is 16.6. The van der Waals surface area contributed by atoms with Gasteiger partial charge >= 0.3 is 0 Å². The second-order valence-electron chi connectivity index (χ2n) is 15.5. The van der Waals surface area contributed by atoms with Crippen LogP contribution >= 0.6 is 11.3 Å². The lowest BCUT2D eigenvalue weighted by Gasteiger charge is -2.35. The molecule has 0 spiro atoms. The molecule has 1 aliphatic heterocycles. The monoisotopic (exact) mass is 795 g/mol. The van der Waals surface area contributed by atoms with Gasteiger partial charge in [0.05, 0.1) is 28.1 Å². The van der Waals surface area contributed by atoms with E-state index in [1.165, 1.54) is 47.5 Å². The predicted octanol–water partition coefficient (Wildman–Crippen LogP) is 14.9. The van der Waals surface area contributed by atoms with Crippen molar-refractivity contribution in [2.24, 2.45) is 0 Å². The lowest BCUT2D eigenvalue weighted by molar-refractivity contribution is 1.08. The highest BCUT2D eigenvalue weighted by molar-refractivity contribution is 7.26. The Hall–Kier alpha value is -7.93. The van der Waals surface area contributed by atoms with Crippen molar-refractivity contribution in [3.8, 4) is 51.0 Å². The third kappa shape index (κ3) is 5.09. The highest BCUT2D eigenvalue weighted by atomic mass is 32.1. The van der Waals surface area contributed by atoms with Gasteiger partial charge in [-0.1, -0.05) is 152 Å². The number of rotatable bonds is 5. The fourth-order valence-corrected chi connectivity index (χ4v) is 10.8. The summed E-state index contributed by atoms with van der Waals surface area (Å²) in [5.74, 6) is 1.93. The molecule has 5 nitrogen and oxygen atoms in total. The Balaban J connectivity index is 1.09. The number of nitrogens with zero attached hydrogens (tertiary/aromatic N) is 5. The van der Waals surface area contributed by atoms with Crippen molar-refractivity contribution in [3.05, 3.63) is 200 Å². The Bertz CT molecular complexity index is 3650. The molecular formula is C55H33N5S. The second kappa shape index (κ2) is 13.3. The molecule has 4 heterocycles. The maximum absolute atomic E-state index is 5.18. The van der Waals surface area contributed by atoms with E-state index in [0.717, 1.165) is 55.8 Å². The first-order chi connectivity index (χ1) is 30.3. The minimum Gasteiger partial charge on any atom is -0.307 e. The topological polar surface area (TPSA) is 46.8 Å². The van der Waals surface area contributed by atoms with Crippen molar-refractivity contribution in [1.29, 1.82) is 0 Å². The zero-order chi connectivity index (χ0) is 40.0. The van der Waals surface area contributed by atoms with Gasteiger partial charge in [-0.05, 0) is 59.5 Å². The largest absolute Gasteiger partial charge is 0.307 e. The van der Waals surface area contributed by atoms with Gasteiger partial charge in [0, 0.05) is 64.3 Å². The maximum Gasteiger partial charge on any atom is 0.164 e. The first-order valence-corrected chi connectivity index (χ1v) is 21.4. The van der Waals surface area contributed by atoms with Crippen LogP contribution in [0.3, 0.4) is 0 Å². The van der Waals surface area contributed by atoms with E-state index in [1.807, 2.05) is 47.7 Å². The van der Waals surface area contributed by atoms with Gasteiger partial charge in [-0.3, -0.25) is 0 Å². The summed E-state index contributed by atoms with van der Waals surface area (Å²) >= 11 is 1.89. The van der Waals surface area contributed by atoms with Crippen molar-refractivity contribution >= 4 is 81.1 Å². The molecule has 1 aliphatic rings. The van der Waals surface area contributed by atoms with Gasteiger partial charge in [-0.15, -0.1) is 11.3 Å². The van der Waals surface area contributed by atoms with Gasteiger partial charge in [0.2, 0.25) is 0 Å². The zero-order valence-corrected chi connectivity index (χ0v) is 33.5. The molecular weight excluding hydrogens is 763 g/mol. The third-order valence-electron chi connectivity index (χ3n) is 12.2. The highest BCUT2D eigenvalue weighted by Crippen LogP contribution is 2.55. The van der Waals surface area contributed by atoms with Crippen LogP contribution in [0.15, 0.2) is 200 Å². The Morgan fingerprint density at radius 3 is 1.75 bits per heavy atom. The van der Waals surface area contributed by atoms with E-state index < -0.39 is 0 Å². The average Bonchev–Trinajstić information content (AvgIpc) is 3.88. The van der Waals surface area contributed by atoms with E-state index in [0.29, 0.717) is 17.5 Å². The fraction of sp³-hybridized carbons (Fsp3) is 0. The lowest BCUT2D eigenvalue weighted by atomic mass is 9.88. The summed E-state index contributed by atoms with van der Waals surface area (Å²) in [5, 5.41) is 7.40. The molecule has 0 fully saturated rings. The molecule has 0 N–H and O–H groups in total. The number of aromatic nitrogens is 4. The van der Waals surface area contributed by atoms with E-state index in [1.54, 1.807) is 0 Å². The number of thiophene rings is 1. The zero-order valence-electron chi connectivity index (χ0n) is 32.7. The minimum atomic E-state index is 0.639. The normalized spacial score (nSPS) is 12.2. The molecule has 0 bridgehead atoms. The predicted molar refractivity (Wildman–Crippen MR) is 255 cm³/mol. The summed E-state index contributed by atoms with van der Waals surface area (Å²) in [4.78, 5) is 17.8. The van der Waals surface area contributed by atoms with Crippen LogP contribution < -0.4 is 4.90 Å². The molecule has 0 radical (unpaired) electrons. The van der Waals surface area contributed by atoms with E-state index in [2.05, 4.69) is 173 Å². The maximum atomic E-state index is 5.18. The van der Waals surface area contributed by atoms with Crippen LogP contribution in [-0.4, -0.2) is 19.5 Å². The molecule has 0 aliphatic carbocycles. The summed E-state index contributed by atoms with van der Waals surface area (Å²) in [6, 6.07) is 71.3. The average molecular weight is 796 g/mol. The molecule has 9 aromatic carbocycles. The number of hydrogen-bond acceptors (Lipinski definition) is 5. The highest BCUT2D eigenvalue weighted by Gasteiger charge is 2.31. The van der Waals surface area contributed by atoms with E-state index in [4.69, 9.17) is 15.0 Å². The molecule has 0 saturated carbocycles. The number of fused-ring (bicyclic) bond motifs is 9. The van der Waals surface area contributed by atoms with Gasteiger partial charge in [0.15, 0.2) is 17.5 Å². The number of hydrogen-bond donors (Lipinski definition) is 0. The van der Waals surface area contributed by atoms with Crippen LogP contribution in [0.5, 0.6) is 0 Å². The molecule has 0 atom stereocenters. The molecule has 12 aromatic rings. The number of para-hydroxylation sites is 3. The molecule has 0 saturated heterocycles. The van der Waals surface area contributed by atoms with Crippen molar-refractivity contribution in [3.63, 3.8) is 0 Å². The SMILES string of the molecule is c1ccc(-c2nc(-c3ccccc3)nc(-c3ccc4c5c(cccc35)-c3cccc(-n5c6ccccc6c6c7sc8ccccc8c7ccc65)c3N4c3ccccc3)n2)cc1. The van der Waals surface area contributed by atoms with Gasteiger partial charge in [0.25, 0.3) is 0 Å². The van der Waals surface area contributed by atoms with Crippen molar-refractivity contribution < 1.29 is 0 Å². The van der Waals surface area contributed by atoms with Crippen LogP contribution in [-0.2, 0) is 0 Å². The molecule has 0 unspecified atom stereocenters. The first kappa shape index (κ1) is 34.0. The van der Waals surface area contributed by atoms with Crippen LogP contribution in [0.2, 0.25) is 0 Å². The van der Waals surface area contributed by atoms with Crippen LogP contribution in [0.1, 0.15) is 0 Å². The third-order valence-corrected chi connectivity index (χ3v) is 13.4. The van der Waals surface area contributed by atoms with E-state index in [-0.39, 0.29) is 0 Å². The Morgan fingerprint density at radius 1 is 0.361 bits per heavy atom. The van der Waals surface area contributed by atoms with Gasteiger partial charge < -0.3 is 9.47 Å². The Morgan fingerprint density at radius 2 is 0.984 bits per heavy atom. The van der Waals surface area contributed by atoms with Crippen molar-refractivity contribution in [2.75, 3.05) is 4.90 Å². The molecule has 0 amide bonds. The van der Waals surface area contributed by atoms with E-state index >= 15 is 0 Å². The van der Waals surface area contributed by atoms with Crippen molar-refractivity contribution in [2.45, 2.75) is 0 Å². The van der Waals surface area contributed by atoms with Crippen LogP contribution in [0, 0.1) is 0 Å². The summed E-state index contributed by atoms with van der Waals surface area (Å²) < 4.78 is 5.12. The summed E-state index contributed by atoms with van der Waals surface area (Å²) in [6.07, 6.45) is 0. The van der Waals surface area contributed by atoms with Gasteiger partial charge in [0.1, 0.15) is 0 Å². The quantitative estimate of drug-likeness (QED) is 0.174. The smallest absolute Gasteiger partial charge is 0.164 e. The number of anilines is 3. The minimum absolute atomic E-state index is 0.639. The Kier molecular flexibility index (Phi) is 7.41. The van der Waals surface area contributed by atoms with Crippen LogP contribution in [0.4, 0.5) is 17.1 Å². The summed E-state index contributed by atoms with van der Waals surface area (Å²) in [6.45, 7) is 0. The lowest BCUT2D eigenvalue weighted by Crippen LogP contribution is -2.18. The van der Waals surface area contributed by atoms with Gasteiger partial charge in [-0.2, -0.15) is 0 Å². The standard InChI is InChI=1S/C55H33N5S/c1-4-16-34(17-5-1)53-56-54(35-18-6-2-7-19-35)58-55(57-53)42-31-33-45-49-38(24-14-25-39(42)49)40-26-15-28-47(51(40)59(45)36-20-8-3-9-21-36)60-44-27-12-10-23-43(44)50-46(60)32-30-41-37-22-11-13-29-48(37)61-52(41)50/h1-33H. The fourth-order valence-electron chi connectivity index (χ4n) is 9.55. The van der Waals surface area contributed by atoms with Crippen molar-refractivity contribution in [1.82, 2.24) is 19.5 Å². The molecule has 6 heteroatoms. The molecule has 284 valence electrons. The number of benzene rings is 9. The first-order valence-electron chi connectivity index (χ1n) is 20.5.